The summed E-state index contributed by atoms with van der Waals surface area (Å²) in [5.41, 5.74) is 1.12. The van der Waals surface area contributed by atoms with Gasteiger partial charge in [-0.2, -0.15) is 0 Å². The molecule has 1 aromatic carbocycles. The minimum Gasteiger partial charge on any atom is -0.340 e. The van der Waals surface area contributed by atoms with Crippen LogP contribution in [-0.4, -0.2) is 31.4 Å². The molecule has 1 rings (SSSR count). The fraction of sp³-hybridized carbons (Fsp3) is 0.364. The Morgan fingerprint density at radius 2 is 2.27 bits per heavy atom. The fourth-order valence-corrected chi connectivity index (χ4v) is 1.73. The monoisotopic (exact) mass is 270 g/mol. The van der Waals surface area contributed by atoms with Gasteiger partial charge in [0, 0.05) is 18.1 Å². The number of halogens is 1. The first-order valence-corrected chi connectivity index (χ1v) is 5.56. The summed E-state index contributed by atoms with van der Waals surface area (Å²) in [6, 6.07) is 7.96. The van der Waals surface area contributed by atoms with Gasteiger partial charge in [0.1, 0.15) is 0 Å². The van der Waals surface area contributed by atoms with E-state index in [9.17, 15) is 4.79 Å². The van der Waals surface area contributed by atoms with E-state index in [1.807, 2.05) is 24.3 Å². The van der Waals surface area contributed by atoms with E-state index in [4.69, 9.17) is 0 Å². The Labute approximate surface area is 98.6 Å². The van der Waals surface area contributed by atoms with Gasteiger partial charge in [0.2, 0.25) is 5.91 Å². The molecule has 4 heteroatoms. The number of carbonyl (C=O) groups is 1. The maximum Gasteiger partial charge on any atom is 0.236 e. The van der Waals surface area contributed by atoms with E-state index < -0.39 is 0 Å². The molecule has 0 aliphatic carbocycles. The Morgan fingerprint density at radius 1 is 1.53 bits per heavy atom. The summed E-state index contributed by atoms with van der Waals surface area (Å²) in [6.45, 7) is 1.02. The summed E-state index contributed by atoms with van der Waals surface area (Å²) >= 11 is 3.40. The van der Waals surface area contributed by atoms with Crippen LogP contribution < -0.4 is 5.32 Å². The van der Waals surface area contributed by atoms with Gasteiger partial charge in [0.25, 0.3) is 0 Å². The van der Waals surface area contributed by atoms with Gasteiger partial charge in [0.15, 0.2) is 0 Å². The molecule has 0 saturated carbocycles. The topological polar surface area (TPSA) is 32.3 Å². The van der Waals surface area contributed by atoms with Gasteiger partial charge in [-0.1, -0.05) is 28.1 Å². The molecule has 3 nitrogen and oxygen atoms in total. The quantitative estimate of drug-likeness (QED) is 0.902. The lowest BCUT2D eigenvalue weighted by molar-refractivity contribution is -0.129. The number of nitrogens with zero attached hydrogens (tertiary/aromatic N) is 1. The minimum atomic E-state index is 0.0949. The highest BCUT2D eigenvalue weighted by atomic mass is 79.9. The summed E-state index contributed by atoms with van der Waals surface area (Å²) in [6.07, 6.45) is 0. The molecule has 0 bridgehead atoms. The van der Waals surface area contributed by atoms with E-state index in [0.29, 0.717) is 13.1 Å². The van der Waals surface area contributed by atoms with Gasteiger partial charge in [-0.05, 0) is 24.7 Å². The van der Waals surface area contributed by atoms with Crippen molar-refractivity contribution in [2.75, 3.05) is 20.6 Å². The maximum absolute atomic E-state index is 11.5. The molecule has 0 heterocycles. The first kappa shape index (κ1) is 12.2. The van der Waals surface area contributed by atoms with Crippen LogP contribution in [0.15, 0.2) is 28.7 Å². The average Bonchev–Trinajstić information content (AvgIpc) is 2.18. The number of benzene rings is 1. The first-order chi connectivity index (χ1) is 7.13. The van der Waals surface area contributed by atoms with Crippen LogP contribution in [0.3, 0.4) is 0 Å². The van der Waals surface area contributed by atoms with Crippen LogP contribution in [0.2, 0.25) is 0 Å². The van der Waals surface area contributed by atoms with Crippen molar-refractivity contribution in [3.63, 3.8) is 0 Å². The lowest BCUT2D eigenvalue weighted by Gasteiger charge is -2.17. The maximum atomic E-state index is 11.5. The van der Waals surface area contributed by atoms with Crippen LogP contribution in [0, 0.1) is 0 Å². The number of likely N-dealkylation sites (N-methyl/N-ethyl adjacent to an activating group) is 2. The van der Waals surface area contributed by atoms with E-state index in [0.717, 1.165) is 10.0 Å². The predicted octanol–water partition coefficient (Wildman–Crippen LogP) is 1.63. The molecule has 0 radical (unpaired) electrons. The SMILES string of the molecule is CNCC(=O)N(C)Cc1cccc(Br)c1. The Morgan fingerprint density at radius 3 is 2.87 bits per heavy atom. The normalized spacial score (nSPS) is 10.1. The average molecular weight is 271 g/mol. The Bertz CT molecular complexity index is 341. The largest absolute Gasteiger partial charge is 0.340 e. The van der Waals surface area contributed by atoms with Crippen LogP contribution in [0.25, 0.3) is 0 Å². The molecule has 82 valence electrons. The van der Waals surface area contributed by atoms with Crippen molar-refractivity contribution in [3.05, 3.63) is 34.3 Å². The van der Waals surface area contributed by atoms with E-state index >= 15 is 0 Å². The lowest BCUT2D eigenvalue weighted by atomic mass is 10.2. The predicted molar refractivity (Wildman–Crippen MR) is 64.5 cm³/mol. The van der Waals surface area contributed by atoms with Crippen molar-refractivity contribution in [1.29, 1.82) is 0 Å². The molecule has 1 aromatic rings. The van der Waals surface area contributed by atoms with Gasteiger partial charge in [-0.25, -0.2) is 0 Å². The van der Waals surface area contributed by atoms with Crippen molar-refractivity contribution in [1.82, 2.24) is 10.2 Å². The zero-order chi connectivity index (χ0) is 11.3. The number of nitrogens with one attached hydrogen (secondary N) is 1. The summed E-state index contributed by atoms with van der Waals surface area (Å²) in [5.74, 6) is 0.0949. The van der Waals surface area contributed by atoms with Gasteiger partial charge in [-0.15, -0.1) is 0 Å². The van der Waals surface area contributed by atoms with E-state index in [1.54, 1.807) is 19.0 Å². The standard InChI is InChI=1S/C11H15BrN2O/c1-13-7-11(15)14(2)8-9-4-3-5-10(12)6-9/h3-6,13H,7-8H2,1-2H3. The molecule has 1 amide bonds. The van der Waals surface area contributed by atoms with Gasteiger partial charge in [-0.3, -0.25) is 4.79 Å². The molecule has 0 atom stereocenters. The second kappa shape index (κ2) is 5.88. The summed E-state index contributed by atoms with van der Waals surface area (Å²) in [7, 11) is 3.57. The molecule has 0 aromatic heterocycles. The van der Waals surface area contributed by atoms with Crippen molar-refractivity contribution >= 4 is 21.8 Å². The molecular weight excluding hydrogens is 256 g/mol. The number of rotatable bonds is 4. The summed E-state index contributed by atoms with van der Waals surface area (Å²) in [4.78, 5) is 13.2. The second-order valence-electron chi connectivity index (χ2n) is 3.41. The molecule has 1 N–H and O–H groups in total. The van der Waals surface area contributed by atoms with Gasteiger partial charge < -0.3 is 10.2 Å². The van der Waals surface area contributed by atoms with Crippen molar-refractivity contribution in [3.8, 4) is 0 Å². The van der Waals surface area contributed by atoms with Crippen molar-refractivity contribution in [2.24, 2.45) is 0 Å². The molecule has 0 spiro atoms. The number of hydrogen-bond acceptors (Lipinski definition) is 2. The molecule has 0 unspecified atom stereocenters. The smallest absolute Gasteiger partial charge is 0.236 e. The van der Waals surface area contributed by atoms with Crippen LogP contribution in [0.1, 0.15) is 5.56 Å². The zero-order valence-electron chi connectivity index (χ0n) is 8.96. The zero-order valence-corrected chi connectivity index (χ0v) is 10.5. The Kier molecular flexibility index (Phi) is 4.78. The van der Waals surface area contributed by atoms with E-state index in [1.165, 1.54) is 0 Å². The fourth-order valence-electron chi connectivity index (χ4n) is 1.28. The lowest BCUT2D eigenvalue weighted by Crippen LogP contribution is -2.33. The molecule has 0 aliphatic heterocycles. The van der Waals surface area contributed by atoms with Crippen LogP contribution in [0.4, 0.5) is 0 Å². The van der Waals surface area contributed by atoms with Gasteiger partial charge in [0.05, 0.1) is 6.54 Å². The third-order valence-corrected chi connectivity index (χ3v) is 2.56. The molecule has 0 aliphatic rings. The molecular formula is C11H15BrN2O. The molecule has 15 heavy (non-hydrogen) atoms. The third kappa shape index (κ3) is 4.01. The molecule has 0 fully saturated rings. The third-order valence-electron chi connectivity index (χ3n) is 2.06. The van der Waals surface area contributed by atoms with Crippen molar-refractivity contribution in [2.45, 2.75) is 6.54 Å². The van der Waals surface area contributed by atoms with Crippen molar-refractivity contribution < 1.29 is 4.79 Å². The second-order valence-corrected chi connectivity index (χ2v) is 4.33. The summed E-state index contributed by atoms with van der Waals surface area (Å²) < 4.78 is 1.04. The van der Waals surface area contributed by atoms with Crippen LogP contribution in [0.5, 0.6) is 0 Å². The van der Waals surface area contributed by atoms with E-state index in [2.05, 4.69) is 21.2 Å². The Balaban J connectivity index is 2.58. The summed E-state index contributed by atoms with van der Waals surface area (Å²) in [5, 5.41) is 2.85. The van der Waals surface area contributed by atoms with Gasteiger partial charge >= 0.3 is 0 Å². The first-order valence-electron chi connectivity index (χ1n) is 4.76. The van der Waals surface area contributed by atoms with Crippen LogP contribution >= 0.6 is 15.9 Å². The van der Waals surface area contributed by atoms with Crippen LogP contribution in [-0.2, 0) is 11.3 Å². The van der Waals surface area contributed by atoms with E-state index in [-0.39, 0.29) is 5.91 Å². The highest BCUT2D eigenvalue weighted by Gasteiger charge is 2.07. The number of amides is 1. The highest BCUT2D eigenvalue weighted by Crippen LogP contribution is 2.12. The highest BCUT2D eigenvalue weighted by molar-refractivity contribution is 9.10. The number of hydrogen-bond donors (Lipinski definition) is 1. The number of carbonyl (C=O) groups excluding carboxylic acids is 1. The Hall–Kier alpha value is -0.870. The minimum absolute atomic E-state index is 0.0949. The molecule has 0 saturated heterocycles.